The van der Waals surface area contributed by atoms with Gasteiger partial charge in [-0.3, -0.25) is 4.79 Å². The van der Waals surface area contributed by atoms with Crippen LogP contribution in [0.25, 0.3) is 0 Å². The third kappa shape index (κ3) is 4.71. The van der Waals surface area contributed by atoms with Gasteiger partial charge in [-0.15, -0.1) is 0 Å². The fraction of sp³-hybridized carbons (Fsp3) is 0.389. The summed E-state index contributed by atoms with van der Waals surface area (Å²) >= 11 is 6.10. The second kappa shape index (κ2) is 8.77. The molecule has 27 heavy (non-hydrogen) atoms. The highest BCUT2D eigenvalue weighted by molar-refractivity contribution is 6.32. The van der Waals surface area contributed by atoms with Crippen molar-refractivity contribution in [2.24, 2.45) is 0 Å². The monoisotopic (exact) mass is 395 g/mol. The number of amides is 1. The van der Waals surface area contributed by atoms with Crippen LogP contribution in [0.3, 0.4) is 0 Å². The zero-order valence-electron chi connectivity index (χ0n) is 15.8. The van der Waals surface area contributed by atoms with Gasteiger partial charge >= 0.3 is 5.97 Å². The van der Waals surface area contributed by atoms with Crippen LogP contribution in [-0.4, -0.2) is 42.0 Å². The summed E-state index contributed by atoms with van der Waals surface area (Å²) in [7, 11) is 2.87. The number of rotatable bonds is 7. The Hall–Kier alpha value is -2.74. The van der Waals surface area contributed by atoms with E-state index < -0.39 is 18.0 Å². The Balaban J connectivity index is 2.10. The molecule has 2 rings (SSSR count). The van der Waals surface area contributed by atoms with Crippen molar-refractivity contribution in [3.63, 3.8) is 0 Å². The van der Waals surface area contributed by atoms with E-state index in [1.54, 1.807) is 16.9 Å². The van der Waals surface area contributed by atoms with Crippen LogP contribution < -0.4 is 14.8 Å². The lowest BCUT2D eigenvalue weighted by molar-refractivity contribution is -0.123. The molecule has 0 spiro atoms. The molecule has 1 amide bonds. The Bertz CT molecular complexity index is 834. The molecule has 0 saturated carbocycles. The predicted molar refractivity (Wildman–Crippen MR) is 101 cm³/mol. The first-order valence-electron chi connectivity index (χ1n) is 8.25. The molecule has 2 aromatic rings. The van der Waals surface area contributed by atoms with Gasteiger partial charge in [0.25, 0.3) is 5.91 Å². The molecule has 0 aliphatic rings. The molecular formula is C18H22ClN3O5. The lowest BCUT2D eigenvalue weighted by Crippen LogP contribution is -2.31. The van der Waals surface area contributed by atoms with E-state index in [0.717, 1.165) is 0 Å². The molecule has 1 aromatic carbocycles. The predicted octanol–water partition coefficient (Wildman–Crippen LogP) is 3.32. The maximum atomic E-state index is 12.4. The Morgan fingerprint density at radius 2 is 1.89 bits per heavy atom. The van der Waals surface area contributed by atoms with Crippen molar-refractivity contribution < 1.29 is 23.8 Å². The van der Waals surface area contributed by atoms with Crippen molar-refractivity contribution in [2.45, 2.75) is 32.9 Å². The zero-order valence-corrected chi connectivity index (χ0v) is 16.5. The van der Waals surface area contributed by atoms with Crippen LogP contribution in [0.5, 0.6) is 11.5 Å². The lowest BCUT2D eigenvalue weighted by Gasteiger charge is -2.16. The molecule has 0 saturated heterocycles. The van der Waals surface area contributed by atoms with Crippen LogP contribution in [0.15, 0.2) is 24.4 Å². The molecular weight excluding hydrogens is 374 g/mol. The number of halogens is 1. The van der Waals surface area contributed by atoms with Crippen molar-refractivity contribution in [3.05, 3.63) is 35.0 Å². The number of carbonyl (C=O) groups is 2. The number of aromatic nitrogens is 2. The molecule has 0 fully saturated rings. The first-order valence-corrected chi connectivity index (χ1v) is 8.63. The number of nitrogens with one attached hydrogen (secondary N) is 1. The summed E-state index contributed by atoms with van der Waals surface area (Å²) in [4.78, 5) is 24.7. The summed E-state index contributed by atoms with van der Waals surface area (Å²) in [6, 6.07) is 4.57. The van der Waals surface area contributed by atoms with Gasteiger partial charge in [-0.2, -0.15) is 5.10 Å². The van der Waals surface area contributed by atoms with E-state index in [1.165, 1.54) is 33.3 Å². The van der Waals surface area contributed by atoms with Gasteiger partial charge in [0.15, 0.2) is 17.6 Å². The minimum absolute atomic E-state index is 0.0714. The summed E-state index contributed by atoms with van der Waals surface area (Å²) in [6.45, 7) is 5.35. The fourth-order valence-electron chi connectivity index (χ4n) is 2.37. The molecule has 0 aliphatic carbocycles. The maximum Gasteiger partial charge on any atom is 0.339 e. The Morgan fingerprint density at radius 3 is 2.48 bits per heavy atom. The van der Waals surface area contributed by atoms with Crippen LogP contribution >= 0.6 is 11.6 Å². The number of benzene rings is 1. The van der Waals surface area contributed by atoms with Gasteiger partial charge in [0.05, 0.1) is 31.0 Å². The first kappa shape index (κ1) is 20.6. The zero-order chi connectivity index (χ0) is 20.1. The third-order valence-corrected chi connectivity index (χ3v) is 4.01. The van der Waals surface area contributed by atoms with Gasteiger partial charge in [-0.05, 0) is 32.9 Å². The second-order valence-corrected chi connectivity index (χ2v) is 6.39. The average Bonchev–Trinajstić information content (AvgIpc) is 3.09. The molecule has 0 bridgehead atoms. The Labute approximate surface area is 162 Å². The van der Waals surface area contributed by atoms with E-state index in [1.807, 2.05) is 13.8 Å². The molecule has 9 heteroatoms. The van der Waals surface area contributed by atoms with E-state index in [9.17, 15) is 9.59 Å². The molecule has 1 atom stereocenters. The SMILES string of the molecule is COc1cc(C(=O)O[C@@H](C)C(=O)Nc2ccnn2C(C)C)cc(Cl)c1OC. The molecule has 0 unspecified atom stereocenters. The second-order valence-electron chi connectivity index (χ2n) is 5.99. The highest BCUT2D eigenvalue weighted by atomic mass is 35.5. The summed E-state index contributed by atoms with van der Waals surface area (Å²) < 4.78 is 17.2. The molecule has 1 heterocycles. The number of anilines is 1. The van der Waals surface area contributed by atoms with Gasteiger partial charge in [0.1, 0.15) is 5.82 Å². The summed E-state index contributed by atoms with van der Waals surface area (Å²) in [5.74, 6) is -0.0689. The van der Waals surface area contributed by atoms with Crippen molar-refractivity contribution in [3.8, 4) is 11.5 Å². The quantitative estimate of drug-likeness (QED) is 0.723. The summed E-state index contributed by atoms with van der Waals surface area (Å²) in [5.41, 5.74) is 0.143. The van der Waals surface area contributed by atoms with E-state index in [4.69, 9.17) is 25.8 Å². The Morgan fingerprint density at radius 1 is 1.19 bits per heavy atom. The van der Waals surface area contributed by atoms with E-state index in [2.05, 4.69) is 10.4 Å². The molecule has 0 radical (unpaired) electrons. The first-order chi connectivity index (χ1) is 12.8. The molecule has 1 N–H and O–H groups in total. The molecule has 1 aromatic heterocycles. The normalized spacial score (nSPS) is 11.8. The number of nitrogens with zero attached hydrogens (tertiary/aromatic N) is 2. The lowest BCUT2D eigenvalue weighted by atomic mass is 10.2. The van der Waals surface area contributed by atoms with Crippen molar-refractivity contribution in [1.82, 2.24) is 9.78 Å². The van der Waals surface area contributed by atoms with Crippen molar-refractivity contribution in [2.75, 3.05) is 19.5 Å². The van der Waals surface area contributed by atoms with Gasteiger partial charge < -0.3 is 19.5 Å². The Kier molecular flexibility index (Phi) is 6.68. The largest absolute Gasteiger partial charge is 0.493 e. The molecule has 0 aliphatic heterocycles. The average molecular weight is 396 g/mol. The third-order valence-electron chi connectivity index (χ3n) is 3.73. The summed E-state index contributed by atoms with van der Waals surface area (Å²) in [6.07, 6.45) is 0.553. The minimum Gasteiger partial charge on any atom is -0.493 e. The minimum atomic E-state index is -1.03. The van der Waals surface area contributed by atoms with Crippen LogP contribution in [0.1, 0.15) is 37.2 Å². The van der Waals surface area contributed by atoms with E-state index in [0.29, 0.717) is 11.6 Å². The highest BCUT2D eigenvalue weighted by Gasteiger charge is 2.22. The van der Waals surface area contributed by atoms with Gasteiger partial charge in [-0.1, -0.05) is 11.6 Å². The topological polar surface area (TPSA) is 91.7 Å². The standard InChI is InChI=1S/C18H22ClN3O5/c1-10(2)22-15(6-7-20-22)21-17(23)11(3)27-18(24)12-8-13(19)16(26-5)14(9-12)25-4/h6-11H,1-5H3,(H,21,23)/t11-/m0/s1. The van der Waals surface area contributed by atoms with Crippen LogP contribution in [0.2, 0.25) is 5.02 Å². The number of hydrogen-bond donors (Lipinski definition) is 1. The van der Waals surface area contributed by atoms with Crippen LogP contribution in [-0.2, 0) is 9.53 Å². The molecule has 146 valence electrons. The summed E-state index contributed by atoms with van der Waals surface area (Å²) in [5, 5.41) is 7.03. The van der Waals surface area contributed by atoms with Gasteiger partial charge in [0.2, 0.25) is 0 Å². The van der Waals surface area contributed by atoms with Crippen molar-refractivity contribution >= 4 is 29.3 Å². The van der Waals surface area contributed by atoms with Gasteiger partial charge in [0, 0.05) is 12.1 Å². The number of carbonyl (C=O) groups excluding carboxylic acids is 2. The molecule has 8 nitrogen and oxygen atoms in total. The highest BCUT2D eigenvalue weighted by Crippen LogP contribution is 2.36. The van der Waals surface area contributed by atoms with E-state index in [-0.39, 0.29) is 22.4 Å². The number of ether oxygens (including phenoxy) is 3. The van der Waals surface area contributed by atoms with Crippen LogP contribution in [0, 0.1) is 0 Å². The van der Waals surface area contributed by atoms with E-state index >= 15 is 0 Å². The number of hydrogen-bond acceptors (Lipinski definition) is 6. The van der Waals surface area contributed by atoms with Crippen LogP contribution in [0.4, 0.5) is 5.82 Å². The number of esters is 1. The maximum absolute atomic E-state index is 12.4. The number of methoxy groups -OCH3 is 2. The fourth-order valence-corrected chi connectivity index (χ4v) is 2.66. The van der Waals surface area contributed by atoms with Crippen molar-refractivity contribution in [1.29, 1.82) is 0 Å². The van der Waals surface area contributed by atoms with Gasteiger partial charge in [-0.25, -0.2) is 9.48 Å². The smallest absolute Gasteiger partial charge is 0.339 e.